The normalized spacial score (nSPS) is 10.7. The van der Waals surface area contributed by atoms with Gasteiger partial charge in [0.2, 0.25) is 0 Å². The third-order valence-electron chi connectivity index (χ3n) is 4.64. The Hall–Kier alpha value is -3.83. The Balaban J connectivity index is 1.65. The van der Waals surface area contributed by atoms with Crippen molar-refractivity contribution in [1.82, 2.24) is 5.16 Å². The van der Waals surface area contributed by atoms with Crippen LogP contribution < -0.4 is 0 Å². The summed E-state index contributed by atoms with van der Waals surface area (Å²) in [7, 11) is 0. The van der Waals surface area contributed by atoms with E-state index in [4.69, 9.17) is 4.52 Å². The molecule has 0 N–H and O–H groups in total. The van der Waals surface area contributed by atoms with Gasteiger partial charge in [-0.1, -0.05) is 77.7 Å². The lowest BCUT2D eigenvalue weighted by Gasteiger charge is -2.03. The molecule has 2 heteroatoms. The van der Waals surface area contributed by atoms with E-state index in [-0.39, 0.29) is 0 Å². The smallest absolute Gasteiger partial charge is 0.175 e. The van der Waals surface area contributed by atoms with Gasteiger partial charge in [-0.3, -0.25) is 0 Å². The van der Waals surface area contributed by atoms with Gasteiger partial charge in [0.15, 0.2) is 5.76 Å². The number of benzene rings is 4. The van der Waals surface area contributed by atoms with Gasteiger partial charge >= 0.3 is 0 Å². The lowest BCUT2D eigenvalue weighted by Crippen LogP contribution is -1.81. The first-order chi connectivity index (χ1) is 13.4. The molecule has 0 saturated carbocycles. The van der Waals surface area contributed by atoms with Gasteiger partial charge in [0.05, 0.1) is 5.39 Å². The van der Waals surface area contributed by atoms with Crippen LogP contribution in [0, 0.1) is 11.8 Å². The molecule has 5 aromatic rings. The monoisotopic (exact) mass is 345 g/mol. The molecule has 2 nitrogen and oxygen atoms in total. The van der Waals surface area contributed by atoms with E-state index >= 15 is 0 Å². The van der Waals surface area contributed by atoms with Crippen molar-refractivity contribution in [3.8, 4) is 23.2 Å². The summed E-state index contributed by atoms with van der Waals surface area (Å²) in [5.41, 5.74) is 3.82. The number of hydrogen-bond acceptors (Lipinski definition) is 2. The van der Waals surface area contributed by atoms with Gasteiger partial charge in [0.25, 0.3) is 0 Å². The molecule has 0 bridgehead atoms. The van der Waals surface area contributed by atoms with E-state index in [1.165, 1.54) is 5.39 Å². The van der Waals surface area contributed by atoms with Crippen molar-refractivity contribution in [1.29, 1.82) is 0 Å². The van der Waals surface area contributed by atoms with Crippen LogP contribution in [-0.4, -0.2) is 5.16 Å². The van der Waals surface area contributed by atoms with Crippen LogP contribution in [0.5, 0.6) is 0 Å². The molecule has 0 aliphatic heterocycles. The van der Waals surface area contributed by atoms with Gasteiger partial charge in [0.1, 0.15) is 5.52 Å². The van der Waals surface area contributed by atoms with Gasteiger partial charge in [-0.2, -0.15) is 0 Å². The minimum atomic E-state index is 0.783. The molecule has 0 fully saturated rings. The molecule has 27 heavy (non-hydrogen) atoms. The average Bonchev–Trinajstić information content (AvgIpc) is 3.16. The second-order valence-corrected chi connectivity index (χ2v) is 6.39. The Kier molecular flexibility index (Phi) is 3.70. The van der Waals surface area contributed by atoms with E-state index in [2.05, 4.69) is 47.3 Å². The molecule has 0 amide bonds. The SMILES string of the molecule is C(#Cc1ccc2noc(-c3cccc4ccccc34)c2c1)c1ccccc1. The van der Waals surface area contributed by atoms with Gasteiger partial charge in [-0.05, 0) is 41.1 Å². The van der Waals surface area contributed by atoms with Crippen molar-refractivity contribution in [2.24, 2.45) is 0 Å². The average molecular weight is 345 g/mol. The first-order valence-electron chi connectivity index (χ1n) is 8.83. The Bertz CT molecular complexity index is 1320. The number of fused-ring (bicyclic) bond motifs is 2. The van der Waals surface area contributed by atoms with E-state index in [1.807, 2.05) is 60.7 Å². The predicted molar refractivity (Wildman–Crippen MR) is 109 cm³/mol. The molecule has 0 aliphatic carbocycles. The predicted octanol–water partition coefficient (Wildman–Crippen LogP) is 6.05. The minimum Gasteiger partial charge on any atom is -0.355 e. The molecule has 4 aromatic carbocycles. The van der Waals surface area contributed by atoms with Crippen LogP contribution in [0.1, 0.15) is 11.1 Å². The summed E-state index contributed by atoms with van der Waals surface area (Å²) in [4.78, 5) is 0. The van der Waals surface area contributed by atoms with Gasteiger partial charge in [0, 0.05) is 16.7 Å². The van der Waals surface area contributed by atoms with Crippen LogP contribution >= 0.6 is 0 Å². The molecule has 0 unspecified atom stereocenters. The lowest BCUT2D eigenvalue weighted by atomic mass is 10.00. The van der Waals surface area contributed by atoms with E-state index in [1.54, 1.807) is 0 Å². The third kappa shape index (κ3) is 2.86. The highest BCUT2D eigenvalue weighted by Gasteiger charge is 2.13. The fraction of sp³-hybridized carbons (Fsp3) is 0. The summed E-state index contributed by atoms with van der Waals surface area (Å²) in [6.45, 7) is 0. The molecule has 1 aromatic heterocycles. The highest BCUT2D eigenvalue weighted by Crippen LogP contribution is 2.34. The summed E-state index contributed by atoms with van der Waals surface area (Å²) in [5.74, 6) is 7.23. The van der Waals surface area contributed by atoms with Gasteiger partial charge in [-0.15, -0.1) is 0 Å². The second-order valence-electron chi connectivity index (χ2n) is 6.39. The molecule has 0 spiro atoms. The summed E-state index contributed by atoms with van der Waals surface area (Å²) < 4.78 is 5.73. The van der Waals surface area contributed by atoms with Crippen LogP contribution in [-0.2, 0) is 0 Å². The number of hydrogen-bond donors (Lipinski definition) is 0. The second kappa shape index (κ2) is 6.48. The van der Waals surface area contributed by atoms with Crippen molar-refractivity contribution in [2.75, 3.05) is 0 Å². The zero-order valence-electron chi connectivity index (χ0n) is 14.5. The summed E-state index contributed by atoms with van der Waals surface area (Å²) in [5, 5.41) is 7.55. The maximum absolute atomic E-state index is 5.73. The van der Waals surface area contributed by atoms with Crippen molar-refractivity contribution in [3.63, 3.8) is 0 Å². The third-order valence-corrected chi connectivity index (χ3v) is 4.64. The van der Waals surface area contributed by atoms with E-state index in [0.29, 0.717) is 0 Å². The Morgan fingerprint density at radius 3 is 2.33 bits per heavy atom. The van der Waals surface area contributed by atoms with E-state index < -0.39 is 0 Å². The van der Waals surface area contributed by atoms with Crippen LogP contribution in [0.15, 0.2) is 95.5 Å². The molecule has 0 atom stereocenters. The Labute approximate surface area is 157 Å². The summed E-state index contributed by atoms with van der Waals surface area (Å²) >= 11 is 0. The van der Waals surface area contributed by atoms with Crippen LogP contribution in [0.2, 0.25) is 0 Å². The molecular weight excluding hydrogens is 330 g/mol. The standard InChI is InChI=1S/C25H15NO/c1-2-7-18(8-3-1)13-14-19-15-16-24-23(17-19)25(27-26-24)22-12-6-10-20-9-4-5-11-21(20)22/h1-12,15-17H. The Morgan fingerprint density at radius 1 is 0.630 bits per heavy atom. The molecule has 0 aliphatic rings. The van der Waals surface area contributed by atoms with E-state index in [0.717, 1.165) is 38.7 Å². The minimum absolute atomic E-state index is 0.783. The quantitative estimate of drug-likeness (QED) is 0.346. The molecule has 1 heterocycles. The molecular formula is C25H15NO. The zero-order chi connectivity index (χ0) is 18.1. The highest BCUT2D eigenvalue weighted by molar-refractivity contribution is 6.02. The van der Waals surface area contributed by atoms with Crippen molar-refractivity contribution in [3.05, 3.63) is 102 Å². The molecule has 0 saturated heterocycles. The molecule has 5 rings (SSSR count). The maximum Gasteiger partial charge on any atom is 0.175 e. The van der Waals surface area contributed by atoms with Crippen molar-refractivity contribution < 1.29 is 4.52 Å². The van der Waals surface area contributed by atoms with Crippen molar-refractivity contribution in [2.45, 2.75) is 0 Å². The highest BCUT2D eigenvalue weighted by atomic mass is 16.5. The maximum atomic E-state index is 5.73. The van der Waals surface area contributed by atoms with Gasteiger partial charge in [-0.25, -0.2) is 0 Å². The van der Waals surface area contributed by atoms with Gasteiger partial charge < -0.3 is 4.52 Å². The zero-order valence-corrected chi connectivity index (χ0v) is 14.5. The van der Waals surface area contributed by atoms with E-state index in [9.17, 15) is 0 Å². The van der Waals surface area contributed by atoms with Crippen LogP contribution in [0.3, 0.4) is 0 Å². The number of nitrogens with zero attached hydrogens (tertiary/aromatic N) is 1. The first-order valence-corrected chi connectivity index (χ1v) is 8.83. The fourth-order valence-electron chi connectivity index (χ4n) is 3.30. The van der Waals surface area contributed by atoms with Crippen molar-refractivity contribution >= 4 is 21.7 Å². The van der Waals surface area contributed by atoms with Crippen LogP contribution in [0.4, 0.5) is 0 Å². The topological polar surface area (TPSA) is 26.0 Å². The Morgan fingerprint density at radius 2 is 1.41 bits per heavy atom. The summed E-state index contributed by atoms with van der Waals surface area (Å²) in [6, 6.07) is 30.5. The summed E-state index contributed by atoms with van der Waals surface area (Å²) in [6.07, 6.45) is 0. The molecule has 126 valence electrons. The largest absolute Gasteiger partial charge is 0.355 e. The fourth-order valence-corrected chi connectivity index (χ4v) is 3.30. The number of aromatic nitrogens is 1. The number of rotatable bonds is 1. The first kappa shape index (κ1) is 15.4. The van der Waals surface area contributed by atoms with Crippen LogP contribution in [0.25, 0.3) is 33.0 Å². The lowest BCUT2D eigenvalue weighted by molar-refractivity contribution is 0.441. The molecule has 0 radical (unpaired) electrons.